The predicted molar refractivity (Wildman–Crippen MR) is 75.4 cm³/mol. The van der Waals surface area contributed by atoms with Gasteiger partial charge in [-0.1, -0.05) is 24.3 Å². The summed E-state index contributed by atoms with van der Waals surface area (Å²) in [5, 5.41) is 16.9. The number of aliphatic hydroxyl groups excluding tert-OH is 1. The number of thiophene rings is 1. The Bertz CT molecular complexity index is 620. The van der Waals surface area contributed by atoms with E-state index in [1.807, 2.05) is 41.9 Å². The van der Waals surface area contributed by atoms with Gasteiger partial charge in [0.2, 0.25) is 0 Å². The van der Waals surface area contributed by atoms with Crippen LogP contribution in [0.3, 0.4) is 0 Å². The van der Waals surface area contributed by atoms with Crippen LogP contribution in [0.4, 0.5) is 0 Å². The van der Waals surface area contributed by atoms with Gasteiger partial charge in [-0.2, -0.15) is 11.3 Å². The Hall–Kier alpha value is -1.65. The lowest BCUT2D eigenvalue weighted by Gasteiger charge is -2.17. The maximum absolute atomic E-state index is 12.2. The molecule has 98 valence electrons. The van der Waals surface area contributed by atoms with E-state index in [0.29, 0.717) is 12.0 Å². The number of benzene rings is 1. The van der Waals surface area contributed by atoms with Crippen molar-refractivity contribution >= 4 is 17.2 Å². The molecule has 0 bridgehead atoms. The molecule has 0 aliphatic heterocycles. The Morgan fingerprint density at radius 1 is 1.37 bits per heavy atom. The van der Waals surface area contributed by atoms with Crippen LogP contribution in [-0.2, 0) is 6.42 Å². The monoisotopic (exact) mass is 273 g/mol. The minimum atomic E-state index is -0.541. The molecular formula is C15H15NO2S. The van der Waals surface area contributed by atoms with E-state index in [1.54, 1.807) is 0 Å². The molecule has 2 atom stereocenters. The van der Waals surface area contributed by atoms with Gasteiger partial charge in [0, 0.05) is 11.8 Å². The van der Waals surface area contributed by atoms with Gasteiger partial charge in [-0.25, -0.2) is 0 Å². The number of rotatable bonds is 2. The van der Waals surface area contributed by atoms with Crippen molar-refractivity contribution in [1.29, 1.82) is 0 Å². The largest absolute Gasteiger partial charge is 0.390 e. The van der Waals surface area contributed by atoms with Crippen LogP contribution >= 0.6 is 11.3 Å². The zero-order chi connectivity index (χ0) is 13.4. The molecule has 3 nitrogen and oxygen atoms in total. The second-order valence-electron chi connectivity index (χ2n) is 4.89. The lowest BCUT2D eigenvalue weighted by atomic mass is 10.1. The van der Waals surface area contributed by atoms with Crippen molar-refractivity contribution in [1.82, 2.24) is 5.32 Å². The molecule has 2 unspecified atom stereocenters. The summed E-state index contributed by atoms with van der Waals surface area (Å²) in [5.41, 5.74) is 3.81. The van der Waals surface area contributed by atoms with Gasteiger partial charge in [-0.3, -0.25) is 4.79 Å². The van der Waals surface area contributed by atoms with E-state index in [9.17, 15) is 9.90 Å². The summed E-state index contributed by atoms with van der Waals surface area (Å²) < 4.78 is 0. The Kier molecular flexibility index (Phi) is 3.12. The summed E-state index contributed by atoms with van der Waals surface area (Å²) in [5.74, 6) is -0.112. The third-order valence-electron chi connectivity index (χ3n) is 3.59. The topological polar surface area (TPSA) is 49.3 Å². The molecule has 3 rings (SSSR count). The minimum absolute atomic E-state index is 0.112. The van der Waals surface area contributed by atoms with Crippen molar-refractivity contribution in [2.75, 3.05) is 0 Å². The Morgan fingerprint density at radius 3 is 2.89 bits per heavy atom. The van der Waals surface area contributed by atoms with Crippen molar-refractivity contribution in [3.05, 3.63) is 57.3 Å². The van der Waals surface area contributed by atoms with Crippen LogP contribution in [-0.4, -0.2) is 17.1 Å². The lowest BCUT2D eigenvalue weighted by Crippen LogP contribution is -2.33. The number of nitrogens with one attached hydrogen (secondary N) is 1. The Morgan fingerprint density at radius 2 is 2.16 bits per heavy atom. The highest BCUT2D eigenvalue weighted by Crippen LogP contribution is 2.31. The Labute approximate surface area is 115 Å². The lowest BCUT2D eigenvalue weighted by molar-refractivity contribution is 0.0858. The van der Waals surface area contributed by atoms with Crippen LogP contribution in [0.5, 0.6) is 0 Å². The quantitative estimate of drug-likeness (QED) is 0.883. The van der Waals surface area contributed by atoms with E-state index in [1.165, 1.54) is 11.3 Å². The highest BCUT2D eigenvalue weighted by atomic mass is 32.1. The molecule has 0 spiro atoms. The molecule has 19 heavy (non-hydrogen) atoms. The number of amides is 1. The van der Waals surface area contributed by atoms with Gasteiger partial charge in [0.25, 0.3) is 5.91 Å². The predicted octanol–water partition coefficient (Wildman–Crippen LogP) is 2.44. The van der Waals surface area contributed by atoms with E-state index in [0.717, 1.165) is 16.7 Å². The first-order chi connectivity index (χ1) is 9.16. The molecule has 2 N–H and O–H groups in total. The standard InChI is InChI=1S/C15H15NO2S/c1-9-7-19-8-12(9)15(18)16-14-11-5-3-2-4-10(11)6-13(14)17/h2-5,7-8,13-14,17H,6H2,1H3,(H,16,18). The van der Waals surface area contributed by atoms with Crippen molar-refractivity contribution in [3.8, 4) is 0 Å². The van der Waals surface area contributed by atoms with Gasteiger partial charge in [0.1, 0.15) is 0 Å². The number of carbonyl (C=O) groups is 1. The van der Waals surface area contributed by atoms with Gasteiger partial charge in [0.15, 0.2) is 0 Å². The summed E-state index contributed by atoms with van der Waals surface area (Å²) in [4.78, 5) is 12.2. The molecule has 4 heteroatoms. The SMILES string of the molecule is Cc1cscc1C(=O)NC1c2ccccc2CC1O. The van der Waals surface area contributed by atoms with Crippen LogP contribution in [0.1, 0.15) is 33.1 Å². The first kappa shape index (κ1) is 12.4. The van der Waals surface area contributed by atoms with Gasteiger partial charge in [-0.15, -0.1) is 0 Å². The van der Waals surface area contributed by atoms with Crippen LogP contribution in [0, 0.1) is 6.92 Å². The molecule has 1 aliphatic rings. The molecular weight excluding hydrogens is 258 g/mol. The molecule has 1 aromatic carbocycles. The summed E-state index contributed by atoms with van der Waals surface area (Å²) in [6, 6.07) is 7.56. The van der Waals surface area contributed by atoms with Crippen LogP contribution in [0.2, 0.25) is 0 Å². The normalized spacial score (nSPS) is 21.2. The van der Waals surface area contributed by atoms with E-state index < -0.39 is 6.10 Å². The maximum Gasteiger partial charge on any atom is 0.252 e. The zero-order valence-corrected chi connectivity index (χ0v) is 11.4. The van der Waals surface area contributed by atoms with Gasteiger partial charge in [0.05, 0.1) is 17.7 Å². The number of aliphatic hydroxyl groups is 1. The summed E-state index contributed by atoms with van der Waals surface area (Å²) in [6.07, 6.45) is 0.0595. The fraction of sp³-hybridized carbons (Fsp3) is 0.267. The zero-order valence-electron chi connectivity index (χ0n) is 10.6. The summed E-state index contributed by atoms with van der Waals surface area (Å²) in [6.45, 7) is 1.92. The number of hydrogen-bond donors (Lipinski definition) is 2. The molecule has 0 saturated carbocycles. The smallest absolute Gasteiger partial charge is 0.252 e. The van der Waals surface area contributed by atoms with Crippen molar-refractivity contribution in [2.24, 2.45) is 0 Å². The molecule has 1 aliphatic carbocycles. The van der Waals surface area contributed by atoms with E-state index in [4.69, 9.17) is 0 Å². The van der Waals surface area contributed by atoms with Gasteiger partial charge >= 0.3 is 0 Å². The van der Waals surface area contributed by atoms with Crippen LogP contribution in [0.15, 0.2) is 35.0 Å². The number of aryl methyl sites for hydroxylation is 1. The first-order valence-electron chi connectivity index (χ1n) is 6.26. The van der Waals surface area contributed by atoms with Crippen LogP contribution < -0.4 is 5.32 Å². The highest BCUT2D eigenvalue weighted by molar-refractivity contribution is 7.08. The molecule has 1 amide bonds. The summed E-state index contributed by atoms with van der Waals surface area (Å²) >= 11 is 1.52. The minimum Gasteiger partial charge on any atom is -0.390 e. The average molecular weight is 273 g/mol. The van der Waals surface area contributed by atoms with Crippen molar-refractivity contribution < 1.29 is 9.90 Å². The molecule has 2 aromatic rings. The third-order valence-corrected chi connectivity index (χ3v) is 4.45. The number of fused-ring (bicyclic) bond motifs is 1. The Balaban J connectivity index is 1.84. The second-order valence-corrected chi connectivity index (χ2v) is 5.63. The van der Waals surface area contributed by atoms with E-state index >= 15 is 0 Å². The second kappa shape index (κ2) is 4.79. The molecule has 1 heterocycles. The van der Waals surface area contributed by atoms with Crippen molar-refractivity contribution in [2.45, 2.75) is 25.5 Å². The van der Waals surface area contributed by atoms with Gasteiger partial charge < -0.3 is 10.4 Å². The number of hydrogen-bond acceptors (Lipinski definition) is 3. The fourth-order valence-corrected chi connectivity index (χ4v) is 3.39. The van der Waals surface area contributed by atoms with Gasteiger partial charge in [-0.05, 0) is 29.0 Å². The summed E-state index contributed by atoms with van der Waals surface area (Å²) in [7, 11) is 0. The molecule has 0 radical (unpaired) electrons. The number of carbonyl (C=O) groups excluding carboxylic acids is 1. The van der Waals surface area contributed by atoms with E-state index in [-0.39, 0.29) is 11.9 Å². The molecule has 1 aromatic heterocycles. The fourth-order valence-electron chi connectivity index (χ4n) is 2.56. The molecule has 0 fully saturated rings. The maximum atomic E-state index is 12.2. The van der Waals surface area contributed by atoms with Crippen LogP contribution in [0.25, 0.3) is 0 Å². The highest BCUT2D eigenvalue weighted by Gasteiger charge is 2.32. The third kappa shape index (κ3) is 2.17. The average Bonchev–Trinajstić information content (AvgIpc) is 2.94. The first-order valence-corrected chi connectivity index (χ1v) is 7.20. The molecule has 0 saturated heterocycles. The van der Waals surface area contributed by atoms with E-state index in [2.05, 4.69) is 5.32 Å². The van der Waals surface area contributed by atoms with Crippen molar-refractivity contribution in [3.63, 3.8) is 0 Å².